The number of nitrogens with zero attached hydrogens (tertiary/aromatic N) is 2. The standard InChI is InChI=1S/C16H16N4O2/c1-21-13-5-2-4-12(10-13)19-16-17-8-7-15(20-16)18-11-14-6-3-9-22-14/h2-10H,11H2,1H3,(H2,17,18,19,20). The predicted octanol–water partition coefficient (Wildman–Crippen LogP) is 3.43. The van der Waals surface area contributed by atoms with Gasteiger partial charge in [0.25, 0.3) is 0 Å². The monoisotopic (exact) mass is 296 g/mol. The fraction of sp³-hybridized carbons (Fsp3) is 0.125. The van der Waals surface area contributed by atoms with Crippen molar-refractivity contribution >= 4 is 17.5 Å². The molecule has 2 aromatic heterocycles. The normalized spacial score (nSPS) is 10.2. The van der Waals surface area contributed by atoms with Gasteiger partial charge in [0.05, 0.1) is 19.9 Å². The van der Waals surface area contributed by atoms with Gasteiger partial charge < -0.3 is 19.8 Å². The number of nitrogens with one attached hydrogen (secondary N) is 2. The van der Waals surface area contributed by atoms with Crippen LogP contribution in [0.25, 0.3) is 0 Å². The summed E-state index contributed by atoms with van der Waals surface area (Å²) in [6.07, 6.45) is 3.34. The summed E-state index contributed by atoms with van der Waals surface area (Å²) in [7, 11) is 1.63. The first-order valence-corrected chi connectivity index (χ1v) is 6.84. The van der Waals surface area contributed by atoms with Crippen LogP contribution in [0.4, 0.5) is 17.5 Å². The Labute approximate surface area is 128 Å². The van der Waals surface area contributed by atoms with E-state index in [-0.39, 0.29) is 0 Å². The largest absolute Gasteiger partial charge is 0.497 e. The Kier molecular flexibility index (Phi) is 4.20. The molecule has 0 saturated heterocycles. The summed E-state index contributed by atoms with van der Waals surface area (Å²) in [4.78, 5) is 8.62. The summed E-state index contributed by atoms with van der Waals surface area (Å²) in [5.41, 5.74) is 0.863. The Morgan fingerprint density at radius 1 is 1.18 bits per heavy atom. The van der Waals surface area contributed by atoms with Crippen LogP contribution in [0.1, 0.15) is 5.76 Å². The van der Waals surface area contributed by atoms with E-state index in [0.717, 1.165) is 23.0 Å². The van der Waals surface area contributed by atoms with Gasteiger partial charge in [0, 0.05) is 18.0 Å². The van der Waals surface area contributed by atoms with Crippen molar-refractivity contribution in [3.8, 4) is 5.75 Å². The lowest BCUT2D eigenvalue weighted by atomic mass is 10.3. The van der Waals surface area contributed by atoms with Crippen molar-refractivity contribution < 1.29 is 9.15 Å². The van der Waals surface area contributed by atoms with E-state index in [1.54, 1.807) is 25.6 Å². The fourth-order valence-electron chi connectivity index (χ4n) is 1.94. The number of hydrogen-bond acceptors (Lipinski definition) is 6. The molecule has 6 nitrogen and oxygen atoms in total. The molecule has 0 aliphatic carbocycles. The zero-order chi connectivity index (χ0) is 15.2. The quantitative estimate of drug-likeness (QED) is 0.726. The number of anilines is 3. The lowest BCUT2D eigenvalue weighted by Gasteiger charge is -2.08. The van der Waals surface area contributed by atoms with Crippen molar-refractivity contribution in [2.75, 3.05) is 17.7 Å². The number of furan rings is 1. The van der Waals surface area contributed by atoms with Crippen LogP contribution in [0, 0.1) is 0 Å². The van der Waals surface area contributed by atoms with Gasteiger partial charge in [-0.25, -0.2) is 4.98 Å². The third-order valence-corrected chi connectivity index (χ3v) is 3.01. The molecule has 0 atom stereocenters. The van der Waals surface area contributed by atoms with Gasteiger partial charge in [-0.3, -0.25) is 0 Å². The molecular weight excluding hydrogens is 280 g/mol. The molecule has 2 heterocycles. The van der Waals surface area contributed by atoms with Crippen LogP contribution in [-0.2, 0) is 6.54 Å². The van der Waals surface area contributed by atoms with Crippen LogP contribution in [-0.4, -0.2) is 17.1 Å². The molecule has 22 heavy (non-hydrogen) atoms. The van der Waals surface area contributed by atoms with Crippen molar-refractivity contribution in [1.29, 1.82) is 0 Å². The molecule has 0 saturated carbocycles. The molecule has 112 valence electrons. The molecule has 0 aliphatic heterocycles. The SMILES string of the molecule is COc1cccc(Nc2nccc(NCc3ccco3)n2)c1. The zero-order valence-corrected chi connectivity index (χ0v) is 12.1. The molecule has 0 radical (unpaired) electrons. The molecule has 0 unspecified atom stereocenters. The maximum atomic E-state index is 5.27. The summed E-state index contributed by atoms with van der Waals surface area (Å²) < 4.78 is 10.5. The molecular formula is C16H16N4O2. The van der Waals surface area contributed by atoms with E-state index in [4.69, 9.17) is 9.15 Å². The van der Waals surface area contributed by atoms with Gasteiger partial charge in [0.1, 0.15) is 17.3 Å². The Balaban J connectivity index is 1.67. The first kappa shape index (κ1) is 13.9. The van der Waals surface area contributed by atoms with Gasteiger partial charge >= 0.3 is 0 Å². The Hall–Kier alpha value is -3.02. The second kappa shape index (κ2) is 6.62. The van der Waals surface area contributed by atoms with Crippen molar-refractivity contribution in [2.45, 2.75) is 6.54 Å². The number of benzene rings is 1. The number of rotatable bonds is 6. The number of ether oxygens (including phenoxy) is 1. The van der Waals surface area contributed by atoms with Gasteiger partial charge in [-0.15, -0.1) is 0 Å². The third-order valence-electron chi connectivity index (χ3n) is 3.01. The Morgan fingerprint density at radius 2 is 2.14 bits per heavy atom. The summed E-state index contributed by atoms with van der Waals surface area (Å²) >= 11 is 0. The molecule has 2 N–H and O–H groups in total. The molecule has 1 aromatic carbocycles. The highest BCUT2D eigenvalue weighted by Gasteiger charge is 2.02. The van der Waals surface area contributed by atoms with E-state index in [1.807, 2.05) is 36.4 Å². The molecule has 3 rings (SSSR count). The van der Waals surface area contributed by atoms with Crippen LogP contribution in [0.5, 0.6) is 5.75 Å². The fourth-order valence-corrected chi connectivity index (χ4v) is 1.94. The third kappa shape index (κ3) is 3.54. The van der Waals surface area contributed by atoms with E-state index >= 15 is 0 Å². The number of aromatic nitrogens is 2. The van der Waals surface area contributed by atoms with Gasteiger partial charge in [0.15, 0.2) is 0 Å². The lowest BCUT2D eigenvalue weighted by molar-refractivity contribution is 0.415. The van der Waals surface area contributed by atoms with Crippen LogP contribution < -0.4 is 15.4 Å². The number of methoxy groups -OCH3 is 1. The van der Waals surface area contributed by atoms with E-state index in [0.29, 0.717) is 12.5 Å². The van der Waals surface area contributed by atoms with Gasteiger partial charge in [-0.05, 0) is 30.3 Å². The minimum absolute atomic E-state index is 0.512. The van der Waals surface area contributed by atoms with Crippen molar-refractivity contribution in [1.82, 2.24) is 9.97 Å². The molecule has 6 heteroatoms. The molecule has 0 amide bonds. The van der Waals surface area contributed by atoms with Crippen LogP contribution in [0.15, 0.2) is 59.3 Å². The topological polar surface area (TPSA) is 72.2 Å². The van der Waals surface area contributed by atoms with Gasteiger partial charge in [-0.1, -0.05) is 6.07 Å². The molecule has 3 aromatic rings. The summed E-state index contributed by atoms with van der Waals surface area (Å²) in [5, 5.41) is 6.33. The molecule has 0 aliphatic rings. The van der Waals surface area contributed by atoms with E-state index in [1.165, 1.54) is 0 Å². The molecule has 0 bridgehead atoms. The maximum Gasteiger partial charge on any atom is 0.229 e. The van der Waals surface area contributed by atoms with Crippen LogP contribution >= 0.6 is 0 Å². The highest BCUT2D eigenvalue weighted by Crippen LogP contribution is 2.20. The van der Waals surface area contributed by atoms with Crippen molar-refractivity contribution in [2.24, 2.45) is 0 Å². The first-order valence-electron chi connectivity index (χ1n) is 6.84. The Morgan fingerprint density at radius 3 is 2.95 bits per heavy atom. The lowest BCUT2D eigenvalue weighted by Crippen LogP contribution is -2.03. The maximum absolute atomic E-state index is 5.27. The van der Waals surface area contributed by atoms with E-state index in [2.05, 4.69) is 20.6 Å². The second-order valence-corrected chi connectivity index (χ2v) is 4.56. The minimum atomic E-state index is 0.512. The summed E-state index contributed by atoms with van der Waals surface area (Å²) in [6.45, 7) is 0.572. The van der Waals surface area contributed by atoms with E-state index < -0.39 is 0 Å². The van der Waals surface area contributed by atoms with Crippen LogP contribution in [0.3, 0.4) is 0 Å². The van der Waals surface area contributed by atoms with Gasteiger partial charge in [-0.2, -0.15) is 4.98 Å². The summed E-state index contributed by atoms with van der Waals surface area (Å²) in [5.74, 6) is 2.85. The molecule has 0 fully saturated rings. The van der Waals surface area contributed by atoms with E-state index in [9.17, 15) is 0 Å². The van der Waals surface area contributed by atoms with Gasteiger partial charge in [0.2, 0.25) is 5.95 Å². The molecule has 0 spiro atoms. The highest BCUT2D eigenvalue weighted by molar-refractivity contribution is 5.56. The highest BCUT2D eigenvalue weighted by atomic mass is 16.5. The average molecular weight is 296 g/mol. The average Bonchev–Trinajstić information content (AvgIpc) is 3.07. The smallest absolute Gasteiger partial charge is 0.229 e. The van der Waals surface area contributed by atoms with Crippen molar-refractivity contribution in [3.63, 3.8) is 0 Å². The van der Waals surface area contributed by atoms with Crippen molar-refractivity contribution in [3.05, 3.63) is 60.7 Å². The minimum Gasteiger partial charge on any atom is -0.497 e. The summed E-state index contributed by atoms with van der Waals surface area (Å²) in [6, 6.07) is 13.2. The second-order valence-electron chi connectivity index (χ2n) is 4.56. The Bertz CT molecular complexity index is 729. The number of hydrogen-bond donors (Lipinski definition) is 2. The first-order chi connectivity index (χ1) is 10.8. The van der Waals surface area contributed by atoms with Crippen LogP contribution in [0.2, 0.25) is 0 Å². The zero-order valence-electron chi connectivity index (χ0n) is 12.1. The predicted molar refractivity (Wildman–Crippen MR) is 84.3 cm³/mol.